The van der Waals surface area contributed by atoms with E-state index in [0.717, 1.165) is 5.56 Å². The van der Waals surface area contributed by atoms with Gasteiger partial charge in [-0.3, -0.25) is 0 Å². The molecule has 0 fully saturated rings. The highest BCUT2D eigenvalue weighted by atomic mass is 35.5. The fourth-order valence-corrected chi connectivity index (χ4v) is 1.87. The van der Waals surface area contributed by atoms with Gasteiger partial charge in [-0.25, -0.2) is 0 Å². The SMILES string of the molecule is COc1cc(Cl)ccc1-c1noc(C(C)(C)C(C)(C)N)n1. The summed E-state index contributed by atoms with van der Waals surface area (Å²) in [6.07, 6.45) is 0. The molecule has 0 amide bonds. The molecule has 1 aromatic heterocycles. The Morgan fingerprint density at radius 2 is 1.90 bits per heavy atom. The molecule has 6 heteroatoms. The Hall–Kier alpha value is -1.59. The molecular formula is C15H20ClN3O2. The van der Waals surface area contributed by atoms with Crippen molar-refractivity contribution in [2.45, 2.75) is 38.6 Å². The number of halogens is 1. The molecule has 1 aromatic carbocycles. The minimum Gasteiger partial charge on any atom is -0.496 e. The topological polar surface area (TPSA) is 74.2 Å². The van der Waals surface area contributed by atoms with E-state index in [-0.39, 0.29) is 0 Å². The molecule has 5 nitrogen and oxygen atoms in total. The third kappa shape index (κ3) is 2.89. The van der Waals surface area contributed by atoms with E-state index in [1.165, 1.54) is 0 Å². The van der Waals surface area contributed by atoms with Gasteiger partial charge in [-0.05, 0) is 45.9 Å². The second-order valence-corrected chi connectivity index (χ2v) is 6.55. The van der Waals surface area contributed by atoms with Gasteiger partial charge in [0.25, 0.3) is 0 Å². The van der Waals surface area contributed by atoms with Crippen molar-refractivity contribution in [1.29, 1.82) is 0 Å². The van der Waals surface area contributed by atoms with Crippen LogP contribution in [0.2, 0.25) is 5.02 Å². The molecule has 2 aromatic rings. The first-order chi connectivity index (χ1) is 9.66. The molecule has 114 valence electrons. The van der Waals surface area contributed by atoms with Crippen molar-refractivity contribution in [3.05, 3.63) is 29.1 Å². The predicted molar refractivity (Wildman–Crippen MR) is 82.6 cm³/mol. The Labute approximate surface area is 129 Å². The van der Waals surface area contributed by atoms with Crippen LogP contribution >= 0.6 is 11.6 Å². The molecule has 0 bridgehead atoms. The number of benzene rings is 1. The minimum absolute atomic E-state index is 0.454. The zero-order chi connectivity index (χ0) is 15.8. The van der Waals surface area contributed by atoms with Crippen LogP contribution in [0.15, 0.2) is 22.7 Å². The summed E-state index contributed by atoms with van der Waals surface area (Å²) in [5, 5.41) is 4.63. The Morgan fingerprint density at radius 3 is 2.48 bits per heavy atom. The van der Waals surface area contributed by atoms with Crippen LogP contribution in [0.3, 0.4) is 0 Å². The summed E-state index contributed by atoms with van der Waals surface area (Å²) in [4.78, 5) is 4.48. The highest BCUT2D eigenvalue weighted by molar-refractivity contribution is 6.30. The lowest BCUT2D eigenvalue weighted by Gasteiger charge is -2.34. The van der Waals surface area contributed by atoms with Crippen LogP contribution in [-0.2, 0) is 5.41 Å². The molecule has 0 radical (unpaired) electrons. The fraction of sp³-hybridized carbons (Fsp3) is 0.467. The molecule has 0 atom stereocenters. The van der Waals surface area contributed by atoms with Crippen molar-refractivity contribution in [2.24, 2.45) is 5.73 Å². The largest absolute Gasteiger partial charge is 0.496 e. The standard InChI is InChI=1S/C15H20ClN3O2/c1-14(2,15(3,4)17)13-18-12(19-21-13)10-7-6-9(16)8-11(10)20-5/h6-8H,17H2,1-5H3. The smallest absolute Gasteiger partial charge is 0.234 e. The van der Waals surface area contributed by atoms with Gasteiger partial charge in [0, 0.05) is 10.6 Å². The first-order valence-electron chi connectivity index (χ1n) is 6.64. The second-order valence-electron chi connectivity index (χ2n) is 6.11. The van der Waals surface area contributed by atoms with Crippen molar-refractivity contribution in [2.75, 3.05) is 7.11 Å². The molecule has 1 heterocycles. The van der Waals surface area contributed by atoms with E-state index in [9.17, 15) is 0 Å². The first kappa shape index (κ1) is 15.8. The van der Waals surface area contributed by atoms with Gasteiger partial charge in [0.1, 0.15) is 5.75 Å². The summed E-state index contributed by atoms with van der Waals surface area (Å²) in [6, 6.07) is 5.27. The van der Waals surface area contributed by atoms with E-state index in [1.807, 2.05) is 27.7 Å². The normalized spacial score (nSPS) is 12.5. The number of ether oxygens (including phenoxy) is 1. The Balaban J connectivity index is 2.46. The zero-order valence-corrected chi connectivity index (χ0v) is 13.7. The van der Waals surface area contributed by atoms with Crippen molar-refractivity contribution in [3.8, 4) is 17.1 Å². The molecule has 2 N–H and O–H groups in total. The van der Waals surface area contributed by atoms with Gasteiger partial charge < -0.3 is 15.0 Å². The van der Waals surface area contributed by atoms with E-state index in [4.69, 9.17) is 26.6 Å². The highest BCUT2D eigenvalue weighted by Crippen LogP contribution is 2.35. The van der Waals surface area contributed by atoms with Crippen LogP contribution in [0.4, 0.5) is 0 Å². The summed E-state index contributed by atoms with van der Waals surface area (Å²) >= 11 is 5.96. The van der Waals surface area contributed by atoms with Gasteiger partial charge >= 0.3 is 0 Å². The number of methoxy groups -OCH3 is 1. The Kier molecular flexibility index (Phi) is 4.00. The summed E-state index contributed by atoms with van der Waals surface area (Å²) in [6.45, 7) is 7.81. The third-order valence-corrected chi connectivity index (χ3v) is 4.21. The van der Waals surface area contributed by atoms with E-state index >= 15 is 0 Å². The van der Waals surface area contributed by atoms with Crippen LogP contribution < -0.4 is 10.5 Å². The molecule has 2 rings (SSSR count). The van der Waals surface area contributed by atoms with Crippen LogP contribution in [0.25, 0.3) is 11.4 Å². The number of nitrogens with two attached hydrogens (primary N) is 1. The highest BCUT2D eigenvalue weighted by Gasteiger charge is 2.40. The molecule has 0 spiro atoms. The predicted octanol–water partition coefficient (Wildman–Crippen LogP) is 3.41. The minimum atomic E-state index is -0.499. The number of aromatic nitrogens is 2. The van der Waals surface area contributed by atoms with Gasteiger partial charge in [0.05, 0.1) is 18.1 Å². The van der Waals surface area contributed by atoms with Gasteiger partial charge in [-0.2, -0.15) is 4.98 Å². The van der Waals surface area contributed by atoms with Gasteiger partial charge in [-0.1, -0.05) is 16.8 Å². The number of hydrogen-bond donors (Lipinski definition) is 1. The number of hydrogen-bond acceptors (Lipinski definition) is 5. The fourth-order valence-electron chi connectivity index (χ4n) is 1.71. The van der Waals surface area contributed by atoms with Gasteiger partial charge in [0.2, 0.25) is 11.7 Å². The Bertz CT molecular complexity index is 645. The average molecular weight is 310 g/mol. The summed E-state index contributed by atoms with van der Waals surface area (Å²) in [5.74, 6) is 1.54. The average Bonchev–Trinajstić information content (AvgIpc) is 2.87. The van der Waals surface area contributed by atoms with E-state index in [2.05, 4.69) is 10.1 Å². The lowest BCUT2D eigenvalue weighted by atomic mass is 9.75. The van der Waals surface area contributed by atoms with E-state index in [1.54, 1.807) is 25.3 Å². The van der Waals surface area contributed by atoms with Gasteiger partial charge in [0.15, 0.2) is 0 Å². The Morgan fingerprint density at radius 1 is 1.24 bits per heavy atom. The lowest BCUT2D eigenvalue weighted by Crippen LogP contribution is -2.50. The number of rotatable bonds is 4. The van der Waals surface area contributed by atoms with Crippen LogP contribution in [0, 0.1) is 0 Å². The van der Waals surface area contributed by atoms with E-state index in [0.29, 0.717) is 22.5 Å². The quantitative estimate of drug-likeness (QED) is 0.936. The van der Waals surface area contributed by atoms with Crippen LogP contribution in [-0.4, -0.2) is 22.8 Å². The van der Waals surface area contributed by atoms with Crippen LogP contribution in [0.1, 0.15) is 33.6 Å². The molecule has 0 saturated carbocycles. The zero-order valence-electron chi connectivity index (χ0n) is 12.9. The molecule has 0 aliphatic rings. The first-order valence-corrected chi connectivity index (χ1v) is 7.01. The van der Waals surface area contributed by atoms with Crippen molar-refractivity contribution >= 4 is 11.6 Å². The van der Waals surface area contributed by atoms with Crippen molar-refractivity contribution < 1.29 is 9.26 Å². The van der Waals surface area contributed by atoms with Crippen LogP contribution in [0.5, 0.6) is 5.75 Å². The summed E-state index contributed by atoms with van der Waals surface area (Å²) in [7, 11) is 1.57. The summed E-state index contributed by atoms with van der Waals surface area (Å²) < 4.78 is 10.7. The maximum Gasteiger partial charge on any atom is 0.234 e. The third-order valence-electron chi connectivity index (χ3n) is 3.98. The maximum absolute atomic E-state index is 6.20. The van der Waals surface area contributed by atoms with Crippen molar-refractivity contribution in [1.82, 2.24) is 10.1 Å². The lowest BCUT2D eigenvalue weighted by molar-refractivity contribution is 0.223. The molecule has 21 heavy (non-hydrogen) atoms. The van der Waals surface area contributed by atoms with E-state index < -0.39 is 11.0 Å². The monoisotopic (exact) mass is 309 g/mol. The number of nitrogens with zero attached hydrogens (tertiary/aromatic N) is 2. The second kappa shape index (κ2) is 5.31. The maximum atomic E-state index is 6.20. The molecule has 0 aliphatic carbocycles. The summed E-state index contributed by atoms with van der Waals surface area (Å²) in [5.41, 5.74) is 5.96. The molecule has 0 unspecified atom stereocenters. The molecular weight excluding hydrogens is 290 g/mol. The molecule has 0 aliphatic heterocycles. The van der Waals surface area contributed by atoms with Gasteiger partial charge in [-0.15, -0.1) is 0 Å². The molecule has 0 saturated heterocycles. The van der Waals surface area contributed by atoms with Crippen molar-refractivity contribution in [3.63, 3.8) is 0 Å².